The van der Waals surface area contributed by atoms with Gasteiger partial charge in [0.2, 0.25) is 0 Å². The number of aryl methyl sites for hydroxylation is 1. The summed E-state index contributed by atoms with van der Waals surface area (Å²) in [5.41, 5.74) is 2.91. The molecule has 9 heteroatoms. The standard InChI is InChI=1S/C20H27N3O4S2/c1-3-15-5-4-6-16-17(15)21-12-20(16,11-14-7-9-26-10-8-14)18(27-29(2,24)25)19-22-13-23-28-19/h4-6,13-14,18,21H,3,7-12H2,1-2H3. The van der Waals surface area contributed by atoms with Crippen LogP contribution in [-0.4, -0.2) is 43.8 Å². The van der Waals surface area contributed by atoms with E-state index in [1.165, 1.54) is 23.4 Å². The highest BCUT2D eigenvalue weighted by molar-refractivity contribution is 7.86. The first-order valence-electron chi connectivity index (χ1n) is 10.0. The molecule has 0 amide bonds. The molecule has 0 aliphatic carbocycles. The van der Waals surface area contributed by atoms with Crippen LogP contribution in [-0.2, 0) is 30.9 Å². The number of hydrogen-bond acceptors (Lipinski definition) is 8. The quantitative estimate of drug-likeness (QED) is 0.665. The highest BCUT2D eigenvalue weighted by atomic mass is 32.2. The molecule has 1 aromatic carbocycles. The number of rotatable bonds is 7. The van der Waals surface area contributed by atoms with Gasteiger partial charge in [-0.25, -0.2) is 4.98 Å². The first-order chi connectivity index (χ1) is 13.9. The van der Waals surface area contributed by atoms with E-state index in [1.54, 1.807) is 0 Å². The lowest BCUT2D eigenvalue weighted by Crippen LogP contribution is -2.41. The molecule has 1 saturated heterocycles. The number of hydrogen-bond donors (Lipinski definition) is 1. The van der Waals surface area contributed by atoms with Gasteiger partial charge in [0.1, 0.15) is 17.4 Å². The van der Waals surface area contributed by atoms with Gasteiger partial charge in [0.05, 0.1) is 6.26 Å². The summed E-state index contributed by atoms with van der Waals surface area (Å²) in [6.07, 6.45) is 5.50. The van der Waals surface area contributed by atoms with E-state index in [2.05, 4.69) is 39.8 Å². The molecule has 0 saturated carbocycles. The Hall–Kier alpha value is -1.55. The molecular weight excluding hydrogens is 410 g/mol. The second kappa shape index (κ2) is 8.29. The van der Waals surface area contributed by atoms with Gasteiger partial charge >= 0.3 is 0 Å². The number of nitrogens with zero attached hydrogens (tertiary/aromatic N) is 2. The molecular formula is C20H27N3O4S2. The fraction of sp³-hybridized carbons (Fsp3) is 0.600. The average molecular weight is 438 g/mol. The minimum absolute atomic E-state index is 0.431. The maximum absolute atomic E-state index is 12.3. The summed E-state index contributed by atoms with van der Waals surface area (Å²) in [6, 6.07) is 6.28. The van der Waals surface area contributed by atoms with Crippen molar-refractivity contribution in [2.75, 3.05) is 31.3 Å². The van der Waals surface area contributed by atoms with Crippen molar-refractivity contribution in [3.8, 4) is 0 Å². The summed E-state index contributed by atoms with van der Waals surface area (Å²) in [6.45, 7) is 4.22. The van der Waals surface area contributed by atoms with Crippen molar-refractivity contribution in [1.29, 1.82) is 0 Å². The molecule has 2 unspecified atom stereocenters. The molecule has 1 fully saturated rings. The number of benzene rings is 1. The molecule has 3 heterocycles. The highest BCUT2D eigenvalue weighted by Gasteiger charge is 2.51. The van der Waals surface area contributed by atoms with Gasteiger partial charge in [-0.1, -0.05) is 25.1 Å². The predicted molar refractivity (Wildman–Crippen MR) is 113 cm³/mol. The Labute approximate surface area is 176 Å². The van der Waals surface area contributed by atoms with Crippen LogP contribution in [0.2, 0.25) is 0 Å². The topological polar surface area (TPSA) is 90.4 Å². The molecule has 0 spiro atoms. The van der Waals surface area contributed by atoms with Crippen LogP contribution in [0.15, 0.2) is 24.5 Å². The van der Waals surface area contributed by atoms with E-state index in [1.807, 2.05) is 0 Å². The first kappa shape index (κ1) is 20.7. The fourth-order valence-corrected chi connectivity index (χ4v) is 6.04. The van der Waals surface area contributed by atoms with E-state index < -0.39 is 21.6 Å². The molecule has 29 heavy (non-hydrogen) atoms. The van der Waals surface area contributed by atoms with Gasteiger partial charge in [0, 0.05) is 30.9 Å². The van der Waals surface area contributed by atoms with Gasteiger partial charge < -0.3 is 10.1 Å². The van der Waals surface area contributed by atoms with E-state index in [0.717, 1.165) is 56.4 Å². The number of fused-ring (bicyclic) bond motifs is 1. The molecule has 2 aromatic rings. The van der Waals surface area contributed by atoms with Crippen molar-refractivity contribution < 1.29 is 17.3 Å². The third kappa shape index (κ3) is 4.19. The van der Waals surface area contributed by atoms with Crippen LogP contribution in [0.4, 0.5) is 5.69 Å². The summed E-state index contributed by atoms with van der Waals surface area (Å²) >= 11 is 1.20. The maximum Gasteiger partial charge on any atom is 0.265 e. The third-order valence-electron chi connectivity index (χ3n) is 6.02. The monoisotopic (exact) mass is 437 g/mol. The van der Waals surface area contributed by atoms with E-state index in [0.29, 0.717) is 17.5 Å². The second-order valence-corrected chi connectivity index (χ2v) is 10.3. The number of anilines is 1. The molecule has 1 aromatic heterocycles. The van der Waals surface area contributed by atoms with Crippen LogP contribution in [0.25, 0.3) is 0 Å². The molecule has 2 atom stereocenters. The van der Waals surface area contributed by atoms with Crippen LogP contribution in [0.3, 0.4) is 0 Å². The minimum atomic E-state index is -3.70. The Morgan fingerprint density at radius 2 is 2.17 bits per heavy atom. The fourth-order valence-electron chi connectivity index (χ4n) is 4.69. The van der Waals surface area contributed by atoms with Crippen molar-refractivity contribution in [2.24, 2.45) is 5.92 Å². The minimum Gasteiger partial charge on any atom is -0.384 e. The Kier molecular flexibility index (Phi) is 5.92. The van der Waals surface area contributed by atoms with Crippen LogP contribution >= 0.6 is 11.5 Å². The molecule has 2 aliphatic rings. The van der Waals surface area contributed by atoms with Crippen molar-refractivity contribution >= 4 is 27.3 Å². The maximum atomic E-state index is 12.3. The van der Waals surface area contributed by atoms with Gasteiger partial charge in [-0.15, -0.1) is 0 Å². The largest absolute Gasteiger partial charge is 0.384 e. The van der Waals surface area contributed by atoms with Crippen molar-refractivity contribution in [2.45, 2.75) is 44.1 Å². The van der Waals surface area contributed by atoms with Crippen molar-refractivity contribution in [3.05, 3.63) is 40.7 Å². The number of para-hydroxylation sites is 1. The normalized spacial score (nSPS) is 23.5. The van der Waals surface area contributed by atoms with E-state index in [9.17, 15) is 8.42 Å². The molecule has 1 N–H and O–H groups in total. The van der Waals surface area contributed by atoms with Gasteiger partial charge in [0.25, 0.3) is 10.1 Å². The smallest absolute Gasteiger partial charge is 0.265 e. The highest BCUT2D eigenvalue weighted by Crippen LogP contribution is 2.53. The SMILES string of the molecule is CCc1cccc2c1NCC2(CC1CCOCC1)C(OS(C)(=O)=O)c1ncns1. The zero-order chi connectivity index (χ0) is 20.5. The van der Waals surface area contributed by atoms with Crippen LogP contribution in [0.1, 0.15) is 48.4 Å². The molecule has 4 rings (SSSR count). The number of ether oxygens (including phenoxy) is 1. The van der Waals surface area contributed by atoms with Crippen LogP contribution in [0.5, 0.6) is 0 Å². The molecule has 0 radical (unpaired) electrons. The molecule has 0 bridgehead atoms. The molecule has 7 nitrogen and oxygen atoms in total. The predicted octanol–water partition coefficient (Wildman–Crippen LogP) is 3.30. The lowest BCUT2D eigenvalue weighted by Gasteiger charge is -2.39. The average Bonchev–Trinajstić information content (AvgIpc) is 3.35. The summed E-state index contributed by atoms with van der Waals surface area (Å²) in [5.74, 6) is 0.431. The summed E-state index contributed by atoms with van der Waals surface area (Å²) < 4.78 is 39.9. The van der Waals surface area contributed by atoms with Gasteiger partial charge in [0.15, 0.2) is 0 Å². The van der Waals surface area contributed by atoms with Gasteiger partial charge in [-0.3, -0.25) is 4.18 Å². The first-order valence-corrected chi connectivity index (χ1v) is 12.6. The summed E-state index contributed by atoms with van der Waals surface area (Å²) in [7, 11) is -3.70. The lowest BCUT2D eigenvalue weighted by molar-refractivity contribution is 0.0386. The molecule has 2 aliphatic heterocycles. The third-order valence-corrected chi connectivity index (χ3v) is 7.27. The molecule has 158 valence electrons. The van der Waals surface area contributed by atoms with Crippen molar-refractivity contribution in [1.82, 2.24) is 9.36 Å². The zero-order valence-corrected chi connectivity index (χ0v) is 18.4. The number of aromatic nitrogens is 2. The van der Waals surface area contributed by atoms with Crippen LogP contribution in [0, 0.1) is 5.92 Å². The van der Waals surface area contributed by atoms with E-state index >= 15 is 0 Å². The summed E-state index contributed by atoms with van der Waals surface area (Å²) in [5, 5.41) is 4.18. The summed E-state index contributed by atoms with van der Waals surface area (Å²) in [4.78, 5) is 4.36. The zero-order valence-electron chi connectivity index (χ0n) is 16.8. The lowest BCUT2D eigenvalue weighted by atomic mass is 9.69. The van der Waals surface area contributed by atoms with E-state index in [-0.39, 0.29) is 0 Å². The second-order valence-electron chi connectivity index (χ2n) is 7.92. The Bertz CT molecular complexity index is 943. The van der Waals surface area contributed by atoms with Gasteiger partial charge in [-0.05, 0) is 54.3 Å². The Morgan fingerprint density at radius 3 is 2.83 bits per heavy atom. The number of nitrogens with one attached hydrogen (secondary N) is 1. The Balaban J connectivity index is 1.85. The Morgan fingerprint density at radius 1 is 1.38 bits per heavy atom. The van der Waals surface area contributed by atoms with E-state index in [4.69, 9.17) is 8.92 Å². The van der Waals surface area contributed by atoms with Crippen LogP contribution < -0.4 is 5.32 Å². The van der Waals surface area contributed by atoms with Gasteiger partial charge in [-0.2, -0.15) is 12.8 Å². The van der Waals surface area contributed by atoms with Crippen molar-refractivity contribution in [3.63, 3.8) is 0 Å².